The van der Waals surface area contributed by atoms with Crippen molar-refractivity contribution in [1.29, 1.82) is 0 Å². The van der Waals surface area contributed by atoms with Crippen LogP contribution in [0, 0.1) is 5.92 Å². The summed E-state index contributed by atoms with van der Waals surface area (Å²) in [4.78, 5) is 32.2. The summed E-state index contributed by atoms with van der Waals surface area (Å²) in [6.45, 7) is 6.18. The molecule has 0 saturated carbocycles. The van der Waals surface area contributed by atoms with Gasteiger partial charge in [-0.15, -0.1) is 24.0 Å². The third-order valence-corrected chi connectivity index (χ3v) is 4.49. The Morgan fingerprint density at radius 1 is 1.12 bits per heavy atom. The number of aliphatic imine (C=N–C) groups is 1. The summed E-state index contributed by atoms with van der Waals surface area (Å²) in [7, 11) is 1.43. The first-order chi connectivity index (χ1) is 11.2. The van der Waals surface area contributed by atoms with Crippen molar-refractivity contribution in [3.63, 3.8) is 0 Å². The molecule has 0 bridgehead atoms. The highest BCUT2D eigenvalue weighted by molar-refractivity contribution is 14.0. The second-order valence-electron chi connectivity index (χ2n) is 6.04. The number of nitrogens with zero attached hydrogens (tertiary/aromatic N) is 3. The van der Waals surface area contributed by atoms with Gasteiger partial charge in [-0.2, -0.15) is 0 Å². The first-order valence-electron chi connectivity index (χ1n) is 8.54. The van der Waals surface area contributed by atoms with Gasteiger partial charge in [-0.1, -0.05) is 0 Å². The number of carbonyl (C=O) groups excluding carboxylic acids is 2. The van der Waals surface area contributed by atoms with Gasteiger partial charge in [-0.3, -0.25) is 9.59 Å². The molecule has 7 nitrogen and oxygen atoms in total. The summed E-state index contributed by atoms with van der Waals surface area (Å²) in [5.41, 5.74) is 0. The largest absolute Gasteiger partial charge is 0.469 e. The summed E-state index contributed by atoms with van der Waals surface area (Å²) in [6.07, 6.45) is 3.71. The van der Waals surface area contributed by atoms with Gasteiger partial charge >= 0.3 is 5.97 Å². The number of amides is 1. The summed E-state index contributed by atoms with van der Waals surface area (Å²) < 4.78 is 4.82. The van der Waals surface area contributed by atoms with Gasteiger partial charge in [0.05, 0.1) is 13.0 Å². The fraction of sp³-hybridized carbons (Fsp3) is 0.812. The monoisotopic (exact) mass is 452 g/mol. The average Bonchev–Trinajstić information content (AvgIpc) is 3.12. The molecule has 0 aromatic carbocycles. The maximum Gasteiger partial charge on any atom is 0.308 e. The van der Waals surface area contributed by atoms with E-state index in [0.717, 1.165) is 64.4 Å². The Morgan fingerprint density at radius 2 is 1.75 bits per heavy atom. The van der Waals surface area contributed by atoms with Crippen molar-refractivity contribution in [3.8, 4) is 0 Å². The van der Waals surface area contributed by atoms with Crippen LogP contribution >= 0.6 is 24.0 Å². The number of carbonyl (C=O) groups is 2. The topological polar surface area (TPSA) is 74.2 Å². The van der Waals surface area contributed by atoms with Crippen LogP contribution in [-0.4, -0.2) is 74.0 Å². The van der Waals surface area contributed by atoms with E-state index in [2.05, 4.69) is 15.2 Å². The lowest BCUT2D eigenvalue weighted by Crippen LogP contribution is -2.47. The number of piperidine rings is 1. The minimum Gasteiger partial charge on any atom is -0.469 e. The van der Waals surface area contributed by atoms with Gasteiger partial charge in [0, 0.05) is 32.7 Å². The normalized spacial score (nSPS) is 19.0. The maximum absolute atomic E-state index is 12.1. The molecule has 0 aliphatic carbocycles. The molecular weight excluding hydrogens is 423 g/mol. The molecule has 0 spiro atoms. The summed E-state index contributed by atoms with van der Waals surface area (Å²) in [6, 6.07) is 0. The van der Waals surface area contributed by atoms with E-state index in [1.165, 1.54) is 7.11 Å². The molecule has 138 valence electrons. The van der Waals surface area contributed by atoms with Gasteiger partial charge < -0.3 is 19.9 Å². The Hall–Kier alpha value is -1.06. The molecular formula is C16H29IN4O3. The summed E-state index contributed by atoms with van der Waals surface area (Å²) >= 11 is 0. The maximum atomic E-state index is 12.1. The van der Waals surface area contributed by atoms with Crippen molar-refractivity contribution >= 4 is 41.8 Å². The number of nitrogens with one attached hydrogen (secondary N) is 1. The van der Waals surface area contributed by atoms with Gasteiger partial charge in [-0.05, 0) is 32.6 Å². The Morgan fingerprint density at radius 3 is 2.29 bits per heavy atom. The molecule has 2 aliphatic heterocycles. The van der Waals surface area contributed by atoms with Gasteiger partial charge in [0.2, 0.25) is 5.91 Å². The van der Waals surface area contributed by atoms with Crippen LogP contribution in [-0.2, 0) is 14.3 Å². The third-order valence-electron chi connectivity index (χ3n) is 4.49. The van der Waals surface area contributed by atoms with Crippen molar-refractivity contribution in [2.75, 3.05) is 46.4 Å². The summed E-state index contributed by atoms with van der Waals surface area (Å²) in [5.74, 6) is 0.715. The predicted octanol–water partition coefficient (Wildman–Crippen LogP) is 1.08. The third kappa shape index (κ3) is 5.78. The minimum absolute atomic E-state index is 0. The molecule has 0 radical (unpaired) electrons. The molecule has 0 aromatic heterocycles. The molecule has 2 fully saturated rings. The van der Waals surface area contributed by atoms with Gasteiger partial charge in [-0.25, -0.2) is 4.99 Å². The molecule has 0 unspecified atom stereocenters. The van der Waals surface area contributed by atoms with Crippen molar-refractivity contribution < 1.29 is 14.3 Å². The number of ether oxygens (including phenoxy) is 1. The highest BCUT2D eigenvalue weighted by Gasteiger charge is 2.27. The van der Waals surface area contributed by atoms with Crippen LogP contribution in [0.1, 0.15) is 32.6 Å². The van der Waals surface area contributed by atoms with E-state index >= 15 is 0 Å². The highest BCUT2D eigenvalue weighted by atomic mass is 127. The van der Waals surface area contributed by atoms with Crippen molar-refractivity contribution in [1.82, 2.24) is 15.1 Å². The Balaban J connectivity index is 0.00000288. The van der Waals surface area contributed by atoms with Gasteiger partial charge in [0.25, 0.3) is 0 Å². The smallest absolute Gasteiger partial charge is 0.308 e. The van der Waals surface area contributed by atoms with Crippen molar-refractivity contribution in [2.24, 2.45) is 10.9 Å². The second kappa shape index (κ2) is 10.7. The van der Waals surface area contributed by atoms with Crippen LogP contribution in [0.5, 0.6) is 0 Å². The number of guanidine groups is 1. The van der Waals surface area contributed by atoms with Crippen molar-refractivity contribution in [2.45, 2.75) is 32.6 Å². The molecule has 2 aliphatic rings. The molecule has 2 rings (SSSR count). The lowest BCUT2D eigenvalue weighted by Gasteiger charge is -2.33. The Labute approximate surface area is 161 Å². The summed E-state index contributed by atoms with van der Waals surface area (Å²) in [5, 5.41) is 3.25. The van der Waals surface area contributed by atoms with E-state index in [-0.39, 0.29) is 48.3 Å². The standard InChI is InChI=1S/C16H28N4O3.HI/c1-3-17-16(18-12-14(21)19-8-4-5-9-19)20-10-6-13(7-11-20)15(22)23-2;/h13H,3-12H2,1-2H3,(H,17,18);1H. The molecule has 2 heterocycles. The van der Waals surface area contributed by atoms with E-state index in [9.17, 15) is 9.59 Å². The van der Waals surface area contributed by atoms with E-state index in [0.29, 0.717) is 0 Å². The molecule has 8 heteroatoms. The van der Waals surface area contributed by atoms with E-state index in [1.54, 1.807) is 0 Å². The number of hydrogen-bond acceptors (Lipinski definition) is 4. The lowest BCUT2D eigenvalue weighted by atomic mass is 9.97. The van der Waals surface area contributed by atoms with E-state index < -0.39 is 0 Å². The minimum atomic E-state index is -0.129. The van der Waals surface area contributed by atoms with Crippen LogP contribution in [0.2, 0.25) is 0 Å². The first-order valence-corrected chi connectivity index (χ1v) is 8.54. The van der Waals surface area contributed by atoms with E-state index in [4.69, 9.17) is 4.74 Å². The van der Waals surface area contributed by atoms with E-state index in [1.807, 2.05) is 11.8 Å². The number of likely N-dealkylation sites (tertiary alicyclic amines) is 2. The number of methoxy groups -OCH3 is 1. The SMILES string of the molecule is CCNC(=NCC(=O)N1CCCC1)N1CCC(C(=O)OC)CC1.I. The van der Waals surface area contributed by atoms with Crippen LogP contribution < -0.4 is 5.32 Å². The molecule has 0 atom stereocenters. The number of hydrogen-bond donors (Lipinski definition) is 1. The highest BCUT2D eigenvalue weighted by Crippen LogP contribution is 2.18. The molecule has 24 heavy (non-hydrogen) atoms. The molecule has 1 amide bonds. The number of esters is 1. The van der Waals surface area contributed by atoms with Gasteiger partial charge in [0.15, 0.2) is 5.96 Å². The number of rotatable bonds is 4. The lowest BCUT2D eigenvalue weighted by molar-refractivity contribution is -0.146. The zero-order valence-electron chi connectivity index (χ0n) is 14.6. The zero-order valence-corrected chi connectivity index (χ0v) is 17.0. The fourth-order valence-corrected chi connectivity index (χ4v) is 3.13. The van der Waals surface area contributed by atoms with Crippen LogP contribution in [0.3, 0.4) is 0 Å². The van der Waals surface area contributed by atoms with Crippen LogP contribution in [0.25, 0.3) is 0 Å². The van der Waals surface area contributed by atoms with Crippen LogP contribution in [0.15, 0.2) is 4.99 Å². The predicted molar refractivity (Wildman–Crippen MR) is 104 cm³/mol. The Kier molecular flexibility index (Phi) is 9.38. The quantitative estimate of drug-likeness (QED) is 0.299. The Bertz CT molecular complexity index is 445. The first kappa shape index (κ1) is 21.0. The second-order valence-corrected chi connectivity index (χ2v) is 6.04. The van der Waals surface area contributed by atoms with Crippen LogP contribution in [0.4, 0.5) is 0 Å². The fourth-order valence-electron chi connectivity index (χ4n) is 3.13. The molecule has 0 aromatic rings. The van der Waals surface area contributed by atoms with Gasteiger partial charge in [0.1, 0.15) is 6.54 Å². The van der Waals surface area contributed by atoms with Crippen molar-refractivity contribution in [3.05, 3.63) is 0 Å². The number of halogens is 1. The average molecular weight is 452 g/mol. The zero-order chi connectivity index (χ0) is 16.7. The molecule has 1 N–H and O–H groups in total. The molecule has 2 saturated heterocycles.